The Morgan fingerprint density at radius 1 is 1.05 bits per heavy atom. The van der Waals surface area contributed by atoms with E-state index in [0.717, 1.165) is 5.56 Å². The first kappa shape index (κ1) is 17.3. The van der Waals surface area contributed by atoms with E-state index < -0.39 is 7.00 Å². The molecule has 0 saturated carbocycles. The normalized spacial score (nSPS) is 12.2. The molecule has 0 bridgehead atoms. The van der Waals surface area contributed by atoms with Gasteiger partial charge >= 0.3 is 0 Å². The van der Waals surface area contributed by atoms with Crippen molar-refractivity contribution in [3.63, 3.8) is 0 Å². The van der Waals surface area contributed by atoms with Crippen LogP contribution in [0.1, 0.15) is 11.4 Å². The van der Waals surface area contributed by atoms with Crippen molar-refractivity contribution in [3.05, 3.63) is 64.1 Å². The highest BCUT2D eigenvalue weighted by atomic mass is 35.5. The van der Waals surface area contributed by atoms with Gasteiger partial charge in [0, 0.05) is 7.00 Å². The number of halogens is 2. The third kappa shape index (κ3) is 4.49. The van der Waals surface area contributed by atoms with Crippen molar-refractivity contribution in [2.75, 3.05) is 13.3 Å². The summed E-state index contributed by atoms with van der Waals surface area (Å²) in [5.41, 5.74) is 1.01. The molecule has 6 heteroatoms. The molecule has 0 amide bonds. The van der Waals surface area contributed by atoms with Gasteiger partial charge in [-0.25, -0.2) is 0 Å². The maximum atomic E-state index is 12.7. The molecule has 0 aliphatic heterocycles. The Labute approximate surface area is 142 Å². The lowest BCUT2D eigenvalue weighted by Gasteiger charge is -2.24. The van der Waals surface area contributed by atoms with Crippen LogP contribution in [0.2, 0.25) is 10.0 Å². The van der Waals surface area contributed by atoms with Crippen LogP contribution in [-0.2, 0) is 4.79 Å². The topological polar surface area (TPSA) is 26.3 Å². The molecule has 2 rings (SSSR count). The molecule has 0 fully saturated rings. The lowest BCUT2D eigenvalue weighted by Crippen LogP contribution is -2.23. The largest absolute Gasteiger partial charge is 0.425 e. The van der Waals surface area contributed by atoms with E-state index >= 15 is 0 Å². The van der Waals surface area contributed by atoms with Crippen molar-refractivity contribution in [1.29, 1.82) is 0 Å². The minimum atomic E-state index is -0.483. The van der Waals surface area contributed by atoms with E-state index in [1.54, 1.807) is 18.2 Å². The predicted molar refractivity (Wildman–Crippen MR) is 98.6 cm³/mol. The molecule has 2 nitrogen and oxygen atoms in total. The fraction of sp³-hybridized carbons (Fsp3) is 0.188. The molecule has 116 valence electrons. The standard InChI is InChI=1S/C16H17BCl2O2P/c1-22(2)17-14(11-7-4-3-5-8-11)16(20)21-15-12(18)9-6-10-13(15)19/h3-10,14H,17H2,1-2H3/q-1/t14-/m1/s1. The number of rotatable bonds is 5. The Bertz CT molecular complexity index is 630. The summed E-state index contributed by atoms with van der Waals surface area (Å²) in [4.78, 5) is 12.7. The zero-order valence-corrected chi connectivity index (χ0v) is 15.1. The zero-order valence-electron chi connectivity index (χ0n) is 12.7. The molecule has 22 heavy (non-hydrogen) atoms. The monoisotopic (exact) mass is 353 g/mol. The molecule has 0 spiro atoms. The molecule has 1 atom stereocenters. The Morgan fingerprint density at radius 2 is 1.64 bits per heavy atom. The van der Waals surface area contributed by atoms with Crippen molar-refractivity contribution in [2.24, 2.45) is 0 Å². The fourth-order valence-corrected chi connectivity index (χ4v) is 4.43. The summed E-state index contributed by atoms with van der Waals surface area (Å²) in [5, 5.41) is 0.700. The van der Waals surface area contributed by atoms with Gasteiger partial charge in [-0.1, -0.05) is 78.5 Å². The fourth-order valence-electron chi connectivity index (χ4n) is 2.42. The second kappa shape index (κ2) is 8.01. The molecule has 0 saturated heterocycles. The molecular weight excluding hydrogens is 337 g/mol. The third-order valence-electron chi connectivity index (χ3n) is 3.55. The molecule has 0 heterocycles. The second-order valence-corrected chi connectivity index (χ2v) is 9.72. The lowest BCUT2D eigenvalue weighted by atomic mass is 9.79. The van der Waals surface area contributed by atoms with Crippen LogP contribution in [0.3, 0.4) is 0 Å². The smallest absolute Gasteiger partial charge is 0.282 e. The highest BCUT2D eigenvalue weighted by molar-refractivity contribution is 7.85. The maximum absolute atomic E-state index is 12.7. The van der Waals surface area contributed by atoms with E-state index in [1.807, 2.05) is 30.3 Å². The maximum Gasteiger partial charge on any atom is 0.282 e. The van der Waals surface area contributed by atoms with Crippen LogP contribution in [0.25, 0.3) is 0 Å². The molecule has 0 N–H and O–H groups in total. The van der Waals surface area contributed by atoms with Crippen LogP contribution >= 0.6 is 31.0 Å². The van der Waals surface area contributed by atoms with Crippen LogP contribution in [0.4, 0.5) is 0 Å². The Morgan fingerprint density at radius 3 is 2.18 bits per heavy atom. The van der Waals surface area contributed by atoms with Gasteiger partial charge in [0.2, 0.25) is 0 Å². The number of carbonyl (C=O) groups excluding carboxylic acids is 1. The van der Waals surface area contributed by atoms with Gasteiger partial charge in [0.15, 0.2) is 5.75 Å². The number of ether oxygens (including phenoxy) is 1. The van der Waals surface area contributed by atoms with Crippen molar-refractivity contribution in [2.45, 2.75) is 5.82 Å². The highest BCUT2D eigenvalue weighted by Crippen LogP contribution is 2.35. The molecular formula is C16H17BCl2O2P-. The summed E-state index contributed by atoms with van der Waals surface area (Å²) in [6.45, 7) is 3.91. The predicted octanol–water partition coefficient (Wildman–Crippen LogP) is 4.47. The van der Waals surface area contributed by atoms with Gasteiger partial charge in [-0.2, -0.15) is 0 Å². The number of para-hydroxylation sites is 1. The van der Waals surface area contributed by atoms with Gasteiger partial charge in [-0.3, -0.25) is 12.6 Å². The van der Waals surface area contributed by atoms with E-state index in [-0.39, 0.29) is 25.3 Å². The van der Waals surface area contributed by atoms with Gasteiger partial charge in [0.1, 0.15) is 0 Å². The van der Waals surface area contributed by atoms with Crippen LogP contribution in [0.15, 0.2) is 48.5 Å². The second-order valence-electron chi connectivity index (χ2n) is 5.70. The van der Waals surface area contributed by atoms with Gasteiger partial charge in [-0.15, -0.1) is 0 Å². The molecule has 2 aromatic carbocycles. The average molecular weight is 354 g/mol. The van der Waals surface area contributed by atoms with Crippen molar-refractivity contribution in [3.8, 4) is 5.75 Å². The van der Waals surface area contributed by atoms with Gasteiger partial charge in [0.05, 0.1) is 10.0 Å². The Balaban J connectivity index is 2.26. The highest BCUT2D eigenvalue weighted by Gasteiger charge is 2.20. The number of carbonyl (C=O) groups is 1. The number of hydrogen-bond donors (Lipinski definition) is 0. The summed E-state index contributed by atoms with van der Waals surface area (Å²) in [6.07, 6.45) is 0. The third-order valence-corrected chi connectivity index (χ3v) is 5.69. The zero-order chi connectivity index (χ0) is 16.1. The van der Waals surface area contributed by atoms with Crippen molar-refractivity contribution < 1.29 is 9.53 Å². The first-order chi connectivity index (χ1) is 10.5. The minimum absolute atomic E-state index is 0.128. The Kier molecular flexibility index (Phi) is 6.31. The van der Waals surface area contributed by atoms with Crippen LogP contribution in [-0.4, -0.2) is 26.3 Å². The lowest BCUT2D eigenvalue weighted by molar-refractivity contribution is -0.134. The van der Waals surface area contributed by atoms with Crippen molar-refractivity contribution >= 4 is 44.0 Å². The summed E-state index contributed by atoms with van der Waals surface area (Å²) < 4.78 is 5.53. The quantitative estimate of drug-likeness (QED) is 0.343. The van der Waals surface area contributed by atoms with E-state index in [1.165, 1.54) is 0 Å². The molecule has 2 aromatic rings. The molecule has 0 aromatic heterocycles. The van der Waals surface area contributed by atoms with E-state index in [4.69, 9.17) is 27.9 Å². The molecule has 0 radical (unpaired) electrons. The van der Waals surface area contributed by atoms with Gasteiger partial charge in [-0.05, 0) is 17.9 Å². The summed E-state index contributed by atoms with van der Waals surface area (Å²) >= 11 is 12.2. The number of esters is 1. The molecule has 0 unspecified atom stereocenters. The van der Waals surface area contributed by atoms with E-state index in [2.05, 4.69) is 13.3 Å². The van der Waals surface area contributed by atoms with Gasteiger partial charge in [0.25, 0.3) is 5.97 Å². The Hall–Kier alpha value is -1.02. The number of hydrogen-bond acceptors (Lipinski definition) is 2. The van der Waals surface area contributed by atoms with Crippen LogP contribution < -0.4 is 4.74 Å². The van der Waals surface area contributed by atoms with E-state index in [0.29, 0.717) is 10.0 Å². The first-order valence-electron chi connectivity index (χ1n) is 7.14. The van der Waals surface area contributed by atoms with Gasteiger partial charge < -0.3 is 4.74 Å². The SMILES string of the molecule is CP(C)[BH2-][C@@H](C(=O)Oc1c(Cl)cccc1Cl)c1ccccc1. The van der Waals surface area contributed by atoms with E-state index in [9.17, 15) is 4.79 Å². The first-order valence-corrected chi connectivity index (χ1v) is 10.6. The average Bonchev–Trinajstić information content (AvgIpc) is 2.49. The minimum Gasteiger partial charge on any atom is -0.425 e. The van der Waals surface area contributed by atoms with Crippen LogP contribution in [0, 0.1) is 0 Å². The molecule has 0 aliphatic rings. The van der Waals surface area contributed by atoms with Crippen molar-refractivity contribution in [1.82, 2.24) is 0 Å². The molecule has 0 aliphatic carbocycles. The summed E-state index contributed by atoms with van der Waals surface area (Å²) in [6, 6.07) is 14.8. The summed E-state index contributed by atoms with van der Waals surface area (Å²) in [5.74, 6) is -0.202. The summed E-state index contributed by atoms with van der Waals surface area (Å²) in [7, 11) is -0.128. The van der Waals surface area contributed by atoms with Crippen LogP contribution in [0.5, 0.6) is 5.75 Å². The number of benzene rings is 2.